The van der Waals surface area contributed by atoms with E-state index in [0.29, 0.717) is 0 Å². The number of amides is 2. The molecule has 128 valence electrons. The molecule has 0 spiro atoms. The van der Waals surface area contributed by atoms with E-state index in [1.54, 1.807) is 13.8 Å². The van der Waals surface area contributed by atoms with E-state index in [9.17, 15) is 18.4 Å². The minimum Gasteiger partial charge on any atom is -0.481 e. The number of benzene rings is 1. The summed E-state index contributed by atoms with van der Waals surface area (Å²) in [4.78, 5) is 24.3. The first-order valence-electron chi connectivity index (χ1n) is 7.32. The van der Waals surface area contributed by atoms with E-state index in [1.165, 1.54) is 24.9 Å². The van der Waals surface area contributed by atoms with E-state index in [2.05, 4.69) is 5.32 Å². The van der Waals surface area contributed by atoms with Gasteiger partial charge < -0.3 is 15.3 Å². The van der Waals surface area contributed by atoms with Gasteiger partial charge in [-0.05, 0) is 12.0 Å². The van der Waals surface area contributed by atoms with E-state index in [1.807, 2.05) is 0 Å². The highest BCUT2D eigenvalue weighted by atomic mass is 19.1. The van der Waals surface area contributed by atoms with Crippen LogP contribution >= 0.6 is 0 Å². The van der Waals surface area contributed by atoms with Crippen LogP contribution in [-0.2, 0) is 4.79 Å². The molecule has 2 N–H and O–H groups in total. The third kappa shape index (κ3) is 5.19. The van der Waals surface area contributed by atoms with Crippen molar-refractivity contribution in [3.8, 4) is 0 Å². The average Bonchev–Trinajstić information content (AvgIpc) is 2.44. The second-order valence-corrected chi connectivity index (χ2v) is 5.96. The van der Waals surface area contributed by atoms with Crippen molar-refractivity contribution >= 4 is 12.0 Å². The lowest BCUT2D eigenvalue weighted by Gasteiger charge is -2.27. The molecule has 0 saturated carbocycles. The number of carbonyl (C=O) groups excluding carboxylic acids is 1. The Kier molecular flexibility index (Phi) is 6.48. The molecule has 2 amide bonds. The molecule has 0 aliphatic heterocycles. The Hall–Kier alpha value is -2.18. The third-order valence-corrected chi connectivity index (χ3v) is 3.56. The molecule has 0 bridgehead atoms. The fourth-order valence-corrected chi connectivity index (χ4v) is 2.17. The molecule has 2 atom stereocenters. The van der Waals surface area contributed by atoms with Crippen LogP contribution in [-0.4, -0.2) is 35.6 Å². The predicted octanol–water partition coefficient (Wildman–Crippen LogP) is 3.02. The summed E-state index contributed by atoms with van der Waals surface area (Å²) in [7, 11) is 1.47. The van der Waals surface area contributed by atoms with Crippen molar-refractivity contribution in [1.29, 1.82) is 0 Å². The van der Waals surface area contributed by atoms with E-state index >= 15 is 0 Å². The van der Waals surface area contributed by atoms with Crippen molar-refractivity contribution in [2.75, 3.05) is 13.6 Å². The number of hydrogen-bond donors (Lipinski definition) is 2. The maximum Gasteiger partial charge on any atom is 0.317 e. The van der Waals surface area contributed by atoms with Crippen LogP contribution in [0.15, 0.2) is 18.2 Å². The first-order valence-corrected chi connectivity index (χ1v) is 7.32. The van der Waals surface area contributed by atoms with Gasteiger partial charge in [0.1, 0.15) is 11.6 Å². The fraction of sp³-hybridized carbons (Fsp3) is 0.500. The topological polar surface area (TPSA) is 69.6 Å². The Balaban J connectivity index is 2.87. The first-order chi connectivity index (χ1) is 10.6. The number of rotatable bonds is 6. The molecule has 1 aromatic carbocycles. The second kappa shape index (κ2) is 7.89. The van der Waals surface area contributed by atoms with Crippen LogP contribution in [0.1, 0.15) is 32.4 Å². The van der Waals surface area contributed by atoms with Crippen LogP contribution in [0.3, 0.4) is 0 Å². The van der Waals surface area contributed by atoms with Gasteiger partial charge in [0.15, 0.2) is 0 Å². The van der Waals surface area contributed by atoms with Crippen molar-refractivity contribution in [3.05, 3.63) is 35.4 Å². The molecule has 0 fully saturated rings. The molecule has 1 rings (SSSR count). The normalized spacial score (nSPS) is 13.5. The van der Waals surface area contributed by atoms with Gasteiger partial charge >= 0.3 is 12.0 Å². The molecule has 0 saturated heterocycles. The smallest absolute Gasteiger partial charge is 0.317 e. The van der Waals surface area contributed by atoms with Crippen molar-refractivity contribution in [2.45, 2.75) is 26.8 Å². The van der Waals surface area contributed by atoms with Crippen LogP contribution in [0.2, 0.25) is 0 Å². The lowest BCUT2D eigenvalue weighted by atomic mass is 9.95. The summed E-state index contributed by atoms with van der Waals surface area (Å²) in [5.41, 5.74) is 0.189. The number of carboxylic acids is 1. The largest absolute Gasteiger partial charge is 0.481 e. The molecule has 1 aromatic rings. The highest BCUT2D eigenvalue weighted by Gasteiger charge is 2.24. The summed E-state index contributed by atoms with van der Waals surface area (Å²) in [6.07, 6.45) is 0. The zero-order valence-electron chi connectivity index (χ0n) is 13.6. The lowest BCUT2D eigenvalue weighted by Crippen LogP contribution is -2.43. The van der Waals surface area contributed by atoms with E-state index < -0.39 is 35.6 Å². The molecule has 2 unspecified atom stereocenters. The number of carbonyl (C=O) groups is 2. The van der Waals surface area contributed by atoms with Crippen LogP contribution in [0.4, 0.5) is 13.6 Å². The Morgan fingerprint density at radius 3 is 2.35 bits per heavy atom. The number of nitrogens with zero attached hydrogens (tertiary/aromatic N) is 1. The maximum atomic E-state index is 13.9. The predicted molar refractivity (Wildman–Crippen MR) is 81.9 cm³/mol. The minimum atomic E-state index is -1.00. The number of aliphatic carboxylic acids is 1. The van der Waals surface area contributed by atoms with Crippen LogP contribution < -0.4 is 5.32 Å². The van der Waals surface area contributed by atoms with Crippen molar-refractivity contribution in [3.63, 3.8) is 0 Å². The van der Waals surface area contributed by atoms with Gasteiger partial charge in [-0.3, -0.25) is 4.79 Å². The Morgan fingerprint density at radius 1 is 1.26 bits per heavy atom. The summed E-state index contributed by atoms with van der Waals surface area (Å²) in [5, 5.41) is 11.5. The number of urea groups is 1. The van der Waals surface area contributed by atoms with Gasteiger partial charge in [-0.25, -0.2) is 13.6 Å². The van der Waals surface area contributed by atoms with E-state index in [0.717, 1.165) is 12.1 Å². The zero-order chi connectivity index (χ0) is 17.7. The van der Waals surface area contributed by atoms with Crippen molar-refractivity contribution < 1.29 is 23.5 Å². The molecule has 0 heterocycles. The molecule has 0 aliphatic rings. The minimum absolute atomic E-state index is 0.0257. The molecule has 0 aliphatic carbocycles. The molecular weight excluding hydrogens is 306 g/mol. The summed E-state index contributed by atoms with van der Waals surface area (Å²) in [6, 6.07) is 2.05. The SMILES string of the molecule is CC(CN(C)C(=O)NC(c1ccc(F)cc1F)C(C)C)C(=O)O. The van der Waals surface area contributed by atoms with Crippen LogP contribution in [0, 0.1) is 23.5 Å². The van der Waals surface area contributed by atoms with Gasteiger partial charge in [0, 0.05) is 25.2 Å². The summed E-state index contributed by atoms with van der Waals surface area (Å²) >= 11 is 0. The number of halogens is 2. The second-order valence-electron chi connectivity index (χ2n) is 5.96. The Bertz CT molecular complexity index is 578. The zero-order valence-corrected chi connectivity index (χ0v) is 13.6. The van der Waals surface area contributed by atoms with Gasteiger partial charge in [-0.2, -0.15) is 0 Å². The monoisotopic (exact) mass is 328 g/mol. The summed E-state index contributed by atoms with van der Waals surface area (Å²) < 4.78 is 27.0. The average molecular weight is 328 g/mol. The summed E-state index contributed by atoms with van der Waals surface area (Å²) in [6.45, 7) is 5.12. The van der Waals surface area contributed by atoms with Crippen LogP contribution in [0.5, 0.6) is 0 Å². The molecule has 5 nitrogen and oxygen atoms in total. The maximum absolute atomic E-state index is 13.9. The Labute approximate surface area is 134 Å². The Morgan fingerprint density at radius 2 is 1.87 bits per heavy atom. The molecular formula is C16H22F2N2O3. The van der Waals surface area contributed by atoms with Gasteiger partial charge in [-0.15, -0.1) is 0 Å². The van der Waals surface area contributed by atoms with E-state index in [4.69, 9.17) is 5.11 Å². The molecule has 0 aromatic heterocycles. The molecule has 7 heteroatoms. The fourth-order valence-electron chi connectivity index (χ4n) is 2.17. The number of carboxylic acid groups (broad SMARTS) is 1. The van der Waals surface area contributed by atoms with Gasteiger partial charge in [0.2, 0.25) is 0 Å². The number of hydrogen-bond acceptors (Lipinski definition) is 2. The standard InChI is InChI=1S/C16H22F2N2O3/c1-9(2)14(12-6-5-11(17)7-13(12)18)19-16(23)20(4)8-10(3)15(21)22/h5-7,9-10,14H,8H2,1-4H3,(H,19,23)(H,21,22). The van der Waals surface area contributed by atoms with Crippen molar-refractivity contribution in [1.82, 2.24) is 10.2 Å². The van der Waals surface area contributed by atoms with E-state index in [-0.39, 0.29) is 18.0 Å². The summed E-state index contributed by atoms with van der Waals surface area (Å²) in [5.74, 6) is -3.28. The van der Waals surface area contributed by atoms with Gasteiger partial charge in [0.05, 0.1) is 12.0 Å². The van der Waals surface area contributed by atoms with Crippen LogP contribution in [0.25, 0.3) is 0 Å². The lowest BCUT2D eigenvalue weighted by molar-refractivity contribution is -0.141. The first kappa shape index (κ1) is 18.9. The highest BCUT2D eigenvalue weighted by molar-refractivity contribution is 5.76. The third-order valence-electron chi connectivity index (χ3n) is 3.56. The van der Waals surface area contributed by atoms with Gasteiger partial charge in [-0.1, -0.05) is 26.8 Å². The van der Waals surface area contributed by atoms with Gasteiger partial charge in [0.25, 0.3) is 0 Å². The molecule has 0 radical (unpaired) electrons. The highest BCUT2D eigenvalue weighted by Crippen LogP contribution is 2.25. The quantitative estimate of drug-likeness (QED) is 0.843. The molecule has 23 heavy (non-hydrogen) atoms. The number of nitrogens with one attached hydrogen (secondary N) is 1. The van der Waals surface area contributed by atoms with Crippen molar-refractivity contribution in [2.24, 2.45) is 11.8 Å².